The summed E-state index contributed by atoms with van der Waals surface area (Å²) < 4.78 is 0. The van der Waals surface area contributed by atoms with Gasteiger partial charge < -0.3 is 5.11 Å². The second kappa shape index (κ2) is 3.95. The predicted octanol–water partition coefficient (Wildman–Crippen LogP) is 1.43. The van der Waals surface area contributed by atoms with Gasteiger partial charge in [0.05, 0.1) is 5.52 Å². The summed E-state index contributed by atoms with van der Waals surface area (Å²) in [7, 11) is 0. The molecule has 0 spiro atoms. The molecule has 1 aromatic carbocycles. The van der Waals surface area contributed by atoms with E-state index in [-0.39, 0.29) is 0 Å². The van der Waals surface area contributed by atoms with Gasteiger partial charge >= 0.3 is 0 Å². The Bertz CT molecular complexity index is 631. The summed E-state index contributed by atoms with van der Waals surface area (Å²) in [5, 5.41) is 17.6. The standard InChI is InChI=1S/C12H10N4O/c17-11(12-14-7-15-16-12)9-5-1-3-8-4-2-6-13-10(8)9/h1-7,11,17H,(H,14,15,16). The van der Waals surface area contributed by atoms with Gasteiger partial charge in [0.25, 0.3) is 0 Å². The Morgan fingerprint density at radius 3 is 2.82 bits per heavy atom. The molecule has 3 rings (SSSR count). The van der Waals surface area contributed by atoms with Crippen molar-refractivity contribution in [3.63, 3.8) is 0 Å². The van der Waals surface area contributed by atoms with Crippen molar-refractivity contribution in [3.8, 4) is 0 Å². The molecule has 0 fully saturated rings. The zero-order valence-corrected chi connectivity index (χ0v) is 8.91. The van der Waals surface area contributed by atoms with Crippen LogP contribution in [0.3, 0.4) is 0 Å². The summed E-state index contributed by atoms with van der Waals surface area (Å²) in [4.78, 5) is 8.24. The minimum absolute atomic E-state index is 0.420. The number of nitrogens with zero attached hydrogens (tertiary/aromatic N) is 3. The molecule has 0 amide bonds. The molecule has 2 aromatic heterocycles. The van der Waals surface area contributed by atoms with Crippen molar-refractivity contribution in [2.75, 3.05) is 0 Å². The number of benzene rings is 1. The number of fused-ring (bicyclic) bond motifs is 1. The van der Waals surface area contributed by atoms with E-state index < -0.39 is 6.10 Å². The molecule has 0 aliphatic carbocycles. The molecule has 0 radical (unpaired) electrons. The number of aromatic amines is 1. The Kier molecular flexibility index (Phi) is 2.31. The maximum absolute atomic E-state index is 10.2. The maximum atomic E-state index is 10.2. The first-order valence-electron chi connectivity index (χ1n) is 5.23. The molecule has 1 unspecified atom stereocenters. The molecule has 2 heterocycles. The Labute approximate surface area is 97.2 Å². The molecular formula is C12H10N4O. The SMILES string of the molecule is OC(c1ncn[nH]1)c1cccc2cccnc12. The smallest absolute Gasteiger partial charge is 0.157 e. The van der Waals surface area contributed by atoms with Gasteiger partial charge in [-0.1, -0.05) is 24.3 Å². The lowest BCUT2D eigenvalue weighted by Crippen LogP contribution is -2.03. The van der Waals surface area contributed by atoms with Crippen molar-refractivity contribution < 1.29 is 5.11 Å². The molecule has 0 aliphatic heterocycles. The van der Waals surface area contributed by atoms with E-state index in [2.05, 4.69) is 20.2 Å². The van der Waals surface area contributed by atoms with Crippen molar-refractivity contribution in [2.45, 2.75) is 6.10 Å². The Balaban J connectivity index is 2.17. The van der Waals surface area contributed by atoms with E-state index >= 15 is 0 Å². The van der Waals surface area contributed by atoms with Crippen LogP contribution in [0.1, 0.15) is 17.5 Å². The van der Waals surface area contributed by atoms with E-state index in [0.29, 0.717) is 5.82 Å². The monoisotopic (exact) mass is 226 g/mol. The van der Waals surface area contributed by atoms with E-state index in [1.54, 1.807) is 6.20 Å². The van der Waals surface area contributed by atoms with Gasteiger partial charge in [0.15, 0.2) is 5.82 Å². The van der Waals surface area contributed by atoms with E-state index in [1.807, 2.05) is 30.3 Å². The Hall–Kier alpha value is -2.27. The Morgan fingerprint density at radius 1 is 1.12 bits per heavy atom. The summed E-state index contributed by atoms with van der Waals surface area (Å²) in [6.45, 7) is 0. The normalized spacial score (nSPS) is 12.8. The van der Waals surface area contributed by atoms with E-state index in [0.717, 1.165) is 16.5 Å². The second-order valence-corrected chi connectivity index (χ2v) is 3.70. The molecule has 1 atom stereocenters. The van der Waals surface area contributed by atoms with Crippen LogP contribution in [-0.2, 0) is 0 Å². The number of rotatable bonds is 2. The Morgan fingerprint density at radius 2 is 2.00 bits per heavy atom. The number of aliphatic hydroxyl groups excluding tert-OH is 1. The molecule has 5 nitrogen and oxygen atoms in total. The highest BCUT2D eigenvalue weighted by Gasteiger charge is 2.16. The van der Waals surface area contributed by atoms with Gasteiger partial charge in [-0.2, -0.15) is 5.10 Å². The summed E-state index contributed by atoms with van der Waals surface area (Å²) in [6, 6.07) is 9.51. The lowest BCUT2D eigenvalue weighted by molar-refractivity contribution is 0.211. The highest BCUT2D eigenvalue weighted by atomic mass is 16.3. The minimum atomic E-state index is -0.837. The molecule has 0 aliphatic rings. The van der Waals surface area contributed by atoms with Gasteiger partial charge in [-0.25, -0.2) is 4.98 Å². The molecule has 5 heteroatoms. The quantitative estimate of drug-likeness (QED) is 0.693. The first kappa shape index (κ1) is 9.92. The van der Waals surface area contributed by atoms with Crippen molar-refractivity contribution >= 4 is 10.9 Å². The molecule has 0 saturated heterocycles. The average Bonchev–Trinajstić information content (AvgIpc) is 2.91. The number of para-hydroxylation sites is 1. The minimum Gasteiger partial charge on any atom is -0.380 e. The van der Waals surface area contributed by atoms with Crippen molar-refractivity contribution in [1.29, 1.82) is 0 Å². The topological polar surface area (TPSA) is 74.7 Å². The van der Waals surface area contributed by atoms with Crippen LogP contribution >= 0.6 is 0 Å². The zero-order valence-electron chi connectivity index (χ0n) is 8.91. The largest absolute Gasteiger partial charge is 0.380 e. The van der Waals surface area contributed by atoms with Gasteiger partial charge in [-0.05, 0) is 6.07 Å². The van der Waals surface area contributed by atoms with Crippen LogP contribution < -0.4 is 0 Å². The lowest BCUT2D eigenvalue weighted by atomic mass is 10.0. The fourth-order valence-electron chi connectivity index (χ4n) is 1.84. The summed E-state index contributed by atoms with van der Waals surface area (Å²) in [5.74, 6) is 0.420. The average molecular weight is 226 g/mol. The van der Waals surface area contributed by atoms with Gasteiger partial charge in [0.1, 0.15) is 12.4 Å². The van der Waals surface area contributed by atoms with Gasteiger partial charge in [0.2, 0.25) is 0 Å². The number of aliphatic hydroxyl groups is 1. The molecule has 2 N–H and O–H groups in total. The third kappa shape index (κ3) is 1.66. The first-order chi connectivity index (χ1) is 8.36. The molecule has 3 aromatic rings. The fraction of sp³-hybridized carbons (Fsp3) is 0.0833. The van der Waals surface area contributed by atoms with Crippen LogP contribution in [0.4, 0.5) is 0 Å². The third-order valence-electron chi connectivity index (χ3n) is 2.65. The fourth-order valence-corrected chi connectivity index (χ4v) is 1.84. The highest BCUT2D eigenvalue weighted by molar-refractivity contribution is 5.82. The number of pyridine rings is 1. The predicted molar refractivity (Wildman–Crippen MR) is 62.2 cm³/mol. The molecule has 17 heavy (non-hydrogen) atoms. The maximum Gasteiger partial charge on any atom is 0.157 e. The molecule has 0 bridgehead atoms. The van der Waals surface area contributed by atoms with Crippen LogP contribution in [0, 0.1) is 0 Å². The van der Waals surface area contributed by atoms with Crippen LogP contribution in [-0.4, -0.2) is 25.3 Å². The number of hydrogen-bond donors (Lipinski definition) is 2. The molecule has 0 saturated carbocycles. The van der Waals surface area contributed by atoms with Crippen LogP contribution in [0.25, 0.3) is 10.9 Å². The van der Waals surface area contributed by atoms with Gasteiger partial charge in [-0.3, -0.25) is 10.1 Å². The highest BCUT2D eigenvalue weighted by Crippen LogP contribution is 2.25. The summed E-state index contributed by atoms with van der Waals surface area (Å²) >= 11 is 0. The van der Waals surface area contributed by atoms with Gasteiger partial charge in [0, 0.05) is 17.1 Å². The number of aromatic nitrogens is 4. The molecule has 84 valence electrons. The second-order valence-electron chi connectivity index (χ2n) is 3.70. The van der Waals surface area contributed by atoms with Crippen molar-refractivity contribution in [2.24, 2.45) is 0 Å². The summed E-state index contributed by atoms with van der Waals surface area (Å²) in [5.41, 5.74) is 1.50. The number of hydrogen-bond acceptors (Lipinski definition) is 4. The van der Waals surface area contributed by atoms with Crippen molar-refractivity contribution in [3.05, 3.63) is 54.2 Å². The lowest BCUT2D eigenvalue weighted by Gasteiger charge is -2.10. The first-order valence-corrected chi connectivity index (χ1v) is 5.23. The van der Waals surface area contributed by atoms with E-state index in [1.165, 1.54) is 6.33 Å². The zero-order chi connectivity index (χ0) is 11.7. The van der Waals surface area contributed by atoms with Crippen LogP contribution in [0.15, 0.2) is 42.9 Å². The molecular weight excluding hydrogens is 216 g/mol. The van der Waals surface area contributed by atoms with Crippen LogP contribution in [0.5, 0.6) is 0 Å². The number of H-pyrrole nitrogens is 1. The van der Waals surface area contributed by atoms with Crippen molar-refractivity contribution in [1.82, 2.24) is 20.2 Å². The van der Waals surface area contributed by atoms with E-state index in [9.17, 15) is 5.11 Å². The van der Waals surface area contributed by atoms with Crippen LogP contribution in [0.2, 0.25) is 0 Å². The van der Waals surface area contributed by atoms with Gasteiger partial charge in [-0.15, -0.1) is 0 Å². The summed E-state index contributed by atoms with van der Waals surface area (Å²) in [6.07, 6.45) is 2.24. The van der Waals surface area contributed by atoms with E-state index in [4.69, 9.17) is 0 Å². The third-order valence-corrected chi connectivity index (χ3v) is 2.65. The number of nitrogens with one attached hydrogen (secondary N) is 1.